The molecule has 5 heteroatoms. The van der Waals surface area contributed by atoms with Crippen LogP contribution in [0.15, 0.2) is 24.4 Å². The zero-order chi connectivity index (χ0) is 11.0. The largest absolute Gasteiger partial charge is 0.464 e. The first-order chi connectivity index (χ1) is 7.15. The molecule has 0 aliphatic rings. The van der Waals surface area contributed by atoms with Gasteiger partial charge in [0.25, 0.3) is 0 Å². The fourth-order valence-electron chi connectivity index (χ4n) is 1.58. The van der Waals surface area contributed by atoms with Crippen molar-refractivity contribution < 1.29 is 14.3 Å². The minimum absolute atomic E-state index is 0.0811. The van der Waals surface area contributed by atoms with E-state index in [0.29, 0.717) is 11.1 Å². The van der Waals surface area contributed by atoms with Crippen LogP contribution in [0.3, 0.4) is 0 Å². The van der Waals surface area contributed by atoms with Crippen molar-refractivity contribution in [1.29, 1.82) is 0 Å². The van der Waals surface area contributed by atoms with Crippen LogP contribution in [0, 0.1) is 5.82 Å². The highest BCUT2D eigenvalue weighted by Gasteiger charge is 2.14. The van der Waals surface area contributed by atoms with Gasteiger partial charge in [0.2, 0.25) is 0 Å². The molecule has 3 nitrogen and oxygen atoms in total. The summed E-state index contributed by atoms with van der Waals surface area (Å²) in [6, 6.07) is 4.29. The average Bonchev–Trinajstić information content (AvgIpc) is 2.58. The van der Waals surface area contributed by atoms with Crippen molar-refractivity contribution in [3.05, 3.63) is 35.8 Å². The number of nitrogens with zero attached hydrogens (tertiary/aromatic N) is 1. The van der Waals surface area contributed by atoms with Crippen LogP contribution in [0.1, 0.15) is 5.56 Å². The van der Waals surface area contributed by atoms with Crippen molar-refractivity contribution in [2.45, 2.75) is 5.88 Å². The Morgan fingerprint density at radius 2 is 2.27 bits per heavy atom. The fraction of sp³-hybridized carbons (Fsp3) is 0.100. The maximum Gasteiger partial charge on any atom is 0.416 e. The van der Waals surface area contributed by atoms with Gasteiger partial charge in [0.15, 0.2) is 0 Å². The lowest BCUT2D eigenvalue weighted by molar-refractivity contribution is 0.197. The van der Waals surface area contributed by atoms with Crippen LogP contribution in [0.2, 0.25) is 0 Å². The number of alkyl halides is 1. The van der Waals surface area contributed by atoms with Gasteiger partial charge in [-0.25, -0.2) is 9.18 Å². The van der Waals surface area contributed by atoms with Crippen LogP contribution >= 0.6 is 11.6 Å². The Balaban J connectivity index is 2.87. The molecule has 0 aliphatic heterocycles. The maximum absolute atomic E-state index is 13.4. The highest BCUT2D eigenvalue weighted by Crippen LogP contribution is 2.25. The van der Waals surface area contributed by atoms with Gasteiger partial charge in [-0.1, -0.05) is 6.07 Å². The first kappa shape index (κ1) is 9.98. The number of carbonyl (C=O) groups is 1. The summed E-state index contributed by atoms with van der Waals surface area (Å²) in [7, 11) is 0. The third-order valence-electron chi connectivity index (χ3n) is 2.21. The summed E-state index contributed by atoms with van der Waals surface area (Å²) in [4.78, 5) is 10.9. The van der Waals surface area contributed by atoms with E-state index < -0.39 is 11.9 Å². The van der Waals surface area contributed by atoms with E-state index in [-0.39, 0.29) is 11.3 Å². The Hall–Kier alpha value is -1.55. The number of benzene rings is 1. The van der Waals surface area contributed by atoms with Gasteiger partial charge in [0.1, 0.15) is 5.82 Å². The Labute approximate surface area is 89.7 Å². The first-order valence-electron chi connectivity index (χ1n) is 4.23. The summed E-state index contributed by atoms with van der Waals surface area (Å²) in [6.07, 6.45) is 0.185. The van der Waals surface area contributed by atoms with Crippen LogP contribution in [0.25, 0.3) is 10.9 Å². The molecule has 78 valence electrons. The fourth-order valence-corrected chi connectivity index (χ4v) is 1.78. The zero-order valence-electron chi connectivity index (χ0n) is 7.58. The summed E-state index contributed by atoms with van der Waals surface area (Å²) < 4.78 is 14.4. The molecule has 1 aromatic heterocycles. The first-order valence-corrected chi connectivity index (χ1v) is 4.76. The molecule has 0 unspecified atom stereocenters. The predicted molar refractivity (Wildman–Crippen MR) is 54.9 cm³/mol. The Kier molecular flexibility index (Phi) is 2.36. The highest BCUT2D eigenvalue weighted by atomic mass is 35.5. The standard InChI is InChI=1S/C10H7ClFNO2/c11-4-6-5-13(10(14)15)8-3-1-2-7(12)9(6)8/h1-3,5H,4H2,(H,14,15). The summed E-state index contributed by atoms with van der Waals surface area (Å²) in [6.45, 7) is 0. The number of hydrogen-bond donors (Lipinski definition) is 1. The molecule has 0 spiro atoms. The SMILES string of the molecule is O=C(O)n1cc(CCl)c2c(F)cccc21. The number of hydrogen-bond acceptors (Lipinski definition) is 1. The third-order valence-corrected chi connectivity index (χ3v) is 2.50. The van der Waals surface area contributed by atoms with Crippen molar-refractivity contribution >= 4 is 28.6 Å². The van der Waals surface area contributed by atoms with Crippen molar-refractivity contribution in [3.8, 4) is 0 Å². The van der Waals surface area contributed by atoms with E-state index in [4.69, 9.17) is 16.7 Å². The smallest absolute Gasteiger partial charge is 0.416 e. The average molecular weight is 228 g/mol. The lowest BCUT2D eigenvalue weighted by Crippen LogP contribution is -2.05. The van der Waals surface area contributed by atoms with Gasteiger partial charge < -0.3 is 5.11 Å². The second-order valence-electron chi connectivity index (χ2n) is 3.07. The van der Waals surface area contributed by atoms with Crippen LogP contribution in [-0.2, 0) is 5.88 Å². The van der Waals surface area contributed by atoms with Crippen LogP contribution in [0.5, 0.6) is 0 Å². The number of carboxylic acid groups (broad SMARTS) is 1. The second-order valence-corrected chi connectivity index (χ2v) is 3.34. The summed E-state index contributed by atoms with van der Waals surface area (Å²) in [5.41, 5.74) is 0.797. The summed E-state index contributed by atoms with van der Waals surface area (Å²) in [5, 5.41) is 9.15. The van der Waals surface area contributed by atoms with Crippen LogP contribution in [0.4, 0.5) is 9.18 Å². The van der Waals surface area contributed by atoms with Gasteiger partial charge in [-0.3, -0.25) is 4.57 Å². The van der Waals surface area contributed by atoms with Gasteiger partial charge in [0, 0.05) is 17.5 Å². The third kappa shape index (κ3) is 1.47. The molecule has 0 amide bonds. The number of rotatable bonds is 1. The van der Waals surface area contributed by atoms with Gasteiger partial charge >= 0.3 is 6.09 Å². The Morgan fingerprint density at radius 3 is 2.87 bits per heavy atom. The summed E-state index contributed by atoms with van der Waals surface area (Å²) >= 11 is 5.62. The molecule has 0 saturated heterocycles. The van der Waals surface area contributed by atoms with Gasteiger partial charge in [-0.05, 0) is 17.7 Å². The molecular formula is C10H7ClFNO2. The number of fused-ring (bicyclic) bond motifs is 1. The lowest BCUT2D eigenvalue weighted by Gasteiger charge is -1.97. The molecule has 2 rings (SSSR count). The number of aromatic nitrogens is 1. The molecule has 1 N–H and O–H groups in total. The van der Waals surface area contributed by atoms with E-state index in [1.165, 1.54) is 18.3 Å². The van der Waals surface area contributed by atoms with Crippen LogP contribution in [-0.4, -0.2) is 15.8 Å². The van der Waals surface area contributed by atoms with Crippen molar-refractivity contribution in [2.75, 3.05) is 0 Å². The molecule has 0 bridgehead atoms. The normalized spacial score (nSPS) is 10.8. The topological polar surface area (TPSA) is 42.2 Å². The van der Waals surface area contributed by atoms with Gasteiger partial charge in [0.05, 0.1) is 5.52 Å². The minimum Gasteiger partial charge on any atom is -0.464 e. The Bertz CT molecular complexity index is 535. The molecule has 0 radical (unpaired) electrons. The molecule has 2 aromatic rings. The van der Waals surface area contributed by atoms with Crippen molar-refractivity contribution in [2.24, 2.45) is 0 Å². The maximum atomic E-state index is 13.4. The molecular weight excluding hydrogens is 221 g/mol. The van der Waals surface area contributed by atoms with E-state index in [1.54, 1.807) is 6.07 Å². The quantitative estimate of drug-likeness (QED) is 0.761. The Morgan fingerprint density at radius 1 is 1.53 bits per heavy atom. The number of halogens is 2. The van der Waals surface area contributed by atoms with E-state index >= 15 is 0 Å². The van der Waals surface area contributed by atoms with Gasteiger partial charge in [-0.15, -0.1) is 11.6 Å². The van der Waals surface area contributed by atoms with Crippen molar-refractivity contribution in [3.63, 3.8) is 0 Å². The molecule has 0 saturated carbocycles. The van der Waals surface area contributed by atoms with Crippen molar-refractivity contribution in [1.82, 2.24) is 4.57 Å². The molecule has 0 atom stereocenters. The van der Waals surface area contributed by atoms with E-state index in [2.05, 4.69) is 0 Å². The highest BCUT2D eigenvalue weighted by molar-refractivity contribution is 6.18. The molecule has 15 heavy (non-hydrogen) atoms. The van der Waals surface area contributed by atoms with E-state index in [1.807, 2.05) is 0 Å². The van der Waals surface area contributed by atoms with E-state index in [0.717, 1.165) is 4.57 Å². The van der Waals surface area contributed by atoms with E-state index in [9.17, 15) is 9.18 Å². The predicted octanol–water partition coefficient (Wildman–Crippen LogP) is 3.05. The van der Waals surface area contributed by atoms with Gasteiger partial charge in [-0.2, -0.15) is 0 Å². The zero-order valence-corrected chi connectivity index (χ0v) is 8.33. The molecule has 1 aromatic carbocycles. The second kappa shape index (κ2) is 3.55. The summed E-state index contributed by atoms with van der Waals surface area (Å²) in [5.74, 6) is -0.374. The lowest BCUT2D eigenvalue weighted by atomic mass is 10.2. The molecule has 0 aliphatic carbocycles. The minimum atomic E-state index is -1.15. The molecule has 1 heterocycles. The monoisotopic (exact) mass is 227 g/mol. The van der Waals surface area contributed by atoms with Crippen LogP contribution < -0.4 is 0 Å². The molecule has 0 fully saturated rings.